The van der Waals surface area contributed by atoms with Gasteiger partial charge in [-0.15, -0.1) is 11.8 Å². The quantitative estimate of drug-likeness (QED) is 0.731. The number of aliphatic hydroxyl groups excluding tert-OH is 1. The third-order valence-electron chi connectivity index (χ3n) is 2.31. The molecule has 0 aromatic rings. The lowest BCUT2D eigenvalue weighted by atomic mass is 10.0. The first kappa shape index (κ1) is 10.1. The molecule has 12 heavy (non-hydrogen) atoms. The van der Waals surface area contributed by atoms with Crippen molar-refractivity contribution in [2.24, 2.45) is 5.92 Å². The van der Waals surface area contributed by atoms with Gasteiger partial charge in [-0.05, 0) is 30.6 Å². The van der Waals surface area contributed by atoms with Crippen LogP contribution in [0, 0.1) is 5.92 Å². The highest BCUT2D eigenvalue weighted by molar-refractivity contribution is 8.04. The van der Waals surface area contributed by atoms with E-state index in [1.807, 2.05) is 11.8 Å². The molecule has 70 valence electrons. The van der Waals surface area contributed by atoms with Gasteiger partial charge in [0.25, 0.3) is 0 Å². The molecule has 1 aliphatic rings. The van der Waals surface area contributed by atoms with Gasteiger partial charge in [-0.1, -0.05) is 19.9 Å². The van der Waals surface area contributed by atoms with Crippen LogP contribution in [-0.2, 0) is 0 Å². The molecule has 0 radical (unpaired) electrons. The average molecular weight is 186 g/mol. The van der Waals surface area contributed by atoms with Crippen LogP contribution in [0.25, 0.3) is 0 Å². The van der Waals surface area contributed by atoms with Crippen LogP contribution in [0.5, 0.6) is 0 Å². The molecule has 1 atom stereocenters. The summed E-state index contributed by atoms with van der Waals surface area (Å²) in [6, 6.07) is 0. The second-order valence-corrected chi connectivity index (χ2v) is 5.65. The first-order valence-electron chi connectivity index (χ1n) is 4.57. The lowest BCUT2D eigenvalue weighted by Gasteiger charge is -2.22. The smallest absolute Gasteiger partial charge is 0.0444 e. The van der Waals surface area contributed by atoms with Crippen LogP contribution in [0.4, 0.5) is 0 Å². The van der Waals surface area contributed by atoms with Gasteiger partial charge in [0.05, 0.1) is 0 Å². The second kappa shape index (κ2) is 3.84. The van der Waals surface area contributed by atoms with Crippen LogP contribution in [-0.4, -0.2) is 16.5 Å². The molecule has 0 bridgehead atoms. The predicted molar refractivity (Wildman–Crippen MR) is 55.2 cm³/mol. The van der Waals surface area contributed by atoms with Crippen molar-refractivity contribution in [3.8, 4) is 0 Å². The van der Waals surface area contributed by atoms with Crippen molar-refractivity contribution in [1.29, 1.82) is 0 Å². The summed E-state index contributed by atoms with van der Waals surface area (Å²) in [7, 11) is 0. The molecule has 1 N–H and O–H groups in total. The largest absolute Gasteiger partial charge is 0.396 e. The fourth-order valence-electron chi connectivity index (χ4n) is 1.43. The van der Waals surface area contributed by atoms with Gasteiger partial charge in [-0.25, -0.2) is 0 Å². The molecule has 0 fully saturated rings. The zero-order chi connectivity index (χ0) is 9.19. The summed E-state index contributed by atoms with van der Waals surface area (Å²) in [5.74, 6) is 0.649. The third-order valence-corrected chi connectivity index (χ3v) is 4.05. The molecular formula is C10H18OS. The zero-order valence-electron chi connectivity index (χ0n) is 8.13. The Labute approximate surface area is 79.2 Å². The first-order valence-corrected chi connectivity index (χ1v) is 5.39. The van der Waals surface area contributed by atoms with Gasteiger partial charge in [-0.3, -0.25) is 0 Å². The standard InChI is InChI=1S/C10H18OS/c1-8(2)9-4-5-10(3,12-9)6-7-11/h4,8,11H,5-7H2,1-3H3. The van der Waals surface area contributed by atoms with Gasteiger partial charge in [0.15, 0.2) is 0 Å². The molecule has 1 unspecified atom stereocenters. The van der Waals surface area contributed by atoms with Crippen molar-refractivity contribution in [3.05, 3.63) is 11.0 Å². The summed E-state index contributed by atoms with van der Waals surface area (Å²) in [5, 5.41) is 8.88. The summed E-state index contributed by atoms with van der Waals surface area (Å²) in [4.78, 5) is 1.49. The predicted octanol–water partition coefficient (Wildman–Crippen LogP) is 2.80. The minimum Gasteiger partial charge on any atom is -0.396 e. The molecule has 0 amide bonds. The monoisotopic (exact) mass is 186 g/mol. The Morgan fingerprint density at radius 2 is 2.33 bits per heavy atom. The van der Waals surface area contributed by atoms with Crippen molar-refractivity contribution < 1.29 is 5.11 Å². The molecular weight excluding hydrogens is 168 g/mol. The molecule has 1 aliphatic heterocycles. The molecule has 0 aromatic carbocycles. The molecule has 0 saturated carbocycles. The Bertz CT molecular complexity index is 186. The minimum atomic E-state index is 0.272. The number of hydrogen-bond donors (Lipinski definition) is 1. The van der Waals surface area contributed by atoms with Crippen molar-refractivity contribution in [2.75, 3.05) is 6.61 Å². The Morgan fingerprint density at radius 1 is 1.67 bits per heavy atom. The van der Waals surface area contributed by atoms with Gasteiger partial charge < -0.3 is 5.11 Å². The van der Waals surface area contributed by atoms with E-state index in [4.69, 9.17) is 5.11 Å². The Balaban J connectivity index is 2.50. The zero-order valence-corrected chi connectivity index (χ0v) is 8.95. The molecule has 0 spiro atoms. The van der Waals surface area contributed by atoms with Crippen LogP contribution < -0.4 is 0 Å². The maximum Gasteiger partial charge on any atom is 0.0444 e. The van der Waals surface area contributed by atoms with Crippen LogP contribution in [0.15, 0.2) is 11.0 Å². The third kappa shape index (κ3) is 2.27. The van der Waals surface area contributed by atoms with E-state index in [2.05, 4.69) is 26.8 Å². The Morgan fingerprint density at radius 3 is 2.75 bits per heavy atom. The van der Waals surface area contributed by atoms with Crippen molar-refractivity contribution >= 4 is 11.8 Å². The van der Waals surface area contributed by atoms with E-state index in [0.29, 0.717) is 12.5 Å². The Kier molecular flexibility index (Phi) is 3.24. The molecule has 1 heterocycles. The van der Waals surface area contributed by atoms with E-state index >= 15 is 0 Å². The minimum absolute atomic E-state index is 0.272. The molecule has 0 saturated heterocycles. The van der Waals surface area contributed by atoms with Crippen molar-refractivity contribution in [2.45, 2.75) is 38.4 Å². The molecule has 1 nitrogen and oxygen atoms in total. The highest BCUT2D eigenvalue weighted by atomic mass is 32.2. The van der Waals surface area contributed by atoms with E-state index in [9.17, 15) is 0 Å². The molecule has 2 heteroatoms. The van der Waals surface area contributed by atoms with E-state index in [1.54, 1.807) is 0 Å². The number of hydrogen-bond acceptors (Lipinski definition) is 2. The van der Waals surface area contributed by atoms with Crippen LogP contribution in [0.1, 0.15) is 33.6 Å². The fraction of sp³-hybridized carbons (Fsp3) is 0.800. The van der Waals surface area contributed by atoms with E-state index in [-0.39, 0.29) is 4.75 Å². The summed E-state index contributed by atoms with van der Waals surface area (Å²) in [6.45, 7) is 7.00. The van der Waals surface area contributed by atoms with E-state index < -0.39 is 0 Å². The highest BCUT2D eigenvalue weighted by Gasteiger charge is 2.30. The number of thioether (sulfide) groups is 1. The lowest BCUT2D eigenvalue weighted by Crippen LogP contribution is -2.17. The van der Waals surface area contributed by atoms with E-state index in [0.717, 1.165) is 12.8 Å². The highest BCUT2D eigenvalue weighted by Crippen LogP contribution is 2.46. The summed E-state index contributed by atoms with van der Waals surface area (Å²) in [6.07, 6.45) is 4.35. The summed E-state index contributed by atoms with van der Waals surface area (Å²) < 4.78 is 0.272. The molecule has 0 aromatic heterocycles. The first-order chi connectivity index (χ1) is 5.57. The fourth-order valence-corrected chi connectivity index (χ4v) is 2.76. The van der Waals surface area contributed by atoms with Crippen molar-refractivity contribution in [3.63, 3.8) is 0 Å². The summed E-state index contributed by atoms with van der Waals surface area (Å²) >= 11 is 1.95. The molecule has 1 rings (SSSR count). The molecule has 0 aliphatic carbocycles. The normalized spacial score (nSPS) is 29.6. The van der Waals surface area contributed by atoms with Crippen LogP contribution >= 0.6 is 11.8 Å². The van der Waals surface area contributed by atoms with Gasteiger partial charge in [-0.2, -0.15) is 0 Å². The van der Waals surface area contributed by atoms with Gasteiger partial charge >= 0.3 is 0 Å². The average Bonchev–Trinajstić information content (AvgIpc) is 2.33. The SMILES string of the molecule is CC(C)C1=CCC(C)(CCO)S1. The second-order valence-electron chi connectivity index (χ2n) is 3.99. The lowest BCUT2D eigenvalue weighted by molar-refractivity contribution is 0.272. The maximum atomic E-state index is 8.88. The topological polar surface area (TPSA) is 20.2 Å². The number of allylic oxidation sites excluding steroid dienone is 2. The van der Waals surface area contributed by atoms with Crippen LogP contribution in [0.2, 0.25) is 0 Å². The van der Waals surface area contributed by atoms with Crippen molar-refractivity contribution in [1.82, 2.24) is 0 Å². The van der Waals surface area contributed by atoms with Gasteiger partial charge in [0, 0.05) is 11.4 Å². The van der Waals surface area contributed by atoms with Crippen LogP contribution in [0.3, 0.4) is 0 Å². The van der Waals surface area contributed by atoms with E-state index in [1.165, 1.54) is 4.91 Å². The number of rotatable bonds is 3. The summed E-state index contributed by atoms with van der Waals surface area (Å²) in [5.41, 5.74) is 0. The number of aliphatic hydroxyl groups is 1. The van der Waals surface area contributed by atoms with Gasteiger partial charge in [0.1, 0.15) is 0 Å². The maximum absolute atomic E-state index is 8.88. The van der Waals surface area contributed by atoms with Gasteiger partial charge in [0.2, 0.25) is 0 Å². The Hall–Kier alpha value is 0.0500.